The van der Waals surface area contributed by atoms with Crippen LogP contribution in [0.4, 0.5) is 0 Å². The van der Waals surface area contributed by atoms with E-state index in [1.54, 1.807) is 0 Å². The fraction of sp³-hybridized carbons (Fsp3) is 0.565. The summed E-state index contributed by atoms with van der Waals surface area (Å²) in [5, 5.41) is 13.8. The molecule has 2 aliphatic rings. The minimum Gasteiger partial charge on any atom is -0.494 e. The van der Waals surface area contributed by atoms with Gasteiger partial charge in [0.25, 0.3) is 5.56 Å². The molecule has 3 aromatic rings. The van der Waals surface area contributed by atoms with Gasteiger partial charge in [-0.2, -0.15) is 0 Å². The third kappa shape index (κ3) is 4.14. The Morgan fingerprint density at radius 2 is 2.00 bits per heavy atom. The van der Waals surface area contributed by atoms with E-state index in [0.29, 0.717) is 25.4 Å². The molecule has 0 radical (unpaired) electrons. The second kappa shape index (κ2) is 9.38. The maximum Gasteiger partial charge on any atom is 0.253 e. The highest BCUT2D eigenvalue weighted by Gasteiger charge is 2.33. The Balaban J connectivity index is 1.61. The largest absolute Gasteiger partial charge is 0.494 e. The Labute approximate surface area is 186 Å². The maximum atomic E-state index is 13.3. The normalized spacial score (nSPS) is 19.3. The van der Waals surface area contributed by atoms with Gasteiger partial charge in [-0.3, -0.25) is 9.69 Å². The van der Waals surface area contributed by atoms with E-state index in [1.807, 2.05) is 35.9 Å². The summed E-state index contributed by atoms with van der Waals surface area (Å²) in [6.07, 6.45) is 5.76. The van der Waals surface area contributed by atoms with Crippen molar-refractivity contribution in [2.75, 3.05) is 32.9 Å². The Morgan fingerprint density at radius 1 is 1.19 bits per heavy atom. The first-order chi connectivity index (χ1) is 15.7. The van der Waals surface area contributed by atoms with Crippen LogP contribution in [-0.2, 0) is 4.74 Å². The van der Waals surface area contributed by atoms with Crippen LogP contribution in [0.1, 0.15) is 62.5 Å². The monoisotopic (exact) mass is 438 g/mol. The quantitative estimate of drug-likeness (QED) is 0.632. The fourth-order valence-corrected chi connectivity index (χ4v) is 4.96. The fourth-order valence-electron chi connectivity index (χ4n) is 4.96. The van der Waals surface area contributed by atoms with Gasteiger partial charge in [-0.1, -0.05) is 19.3 Å². The molecular formula is C23H30N6O3. The van der Waals surface area contributed by atoms with Gasteiger partial charge in [-0.25, -0.2) is 4.68 Å². The molecule has 0 unspecified atom stereocenters. The Morgan fingerprint density at radius 3 is 2.78 bits per heavy atom. The number of aromatic amines is 1. The lowest BCUT2D eigenvalue weighted by atomic mass is 9.95. The van der Waals surface area contributed by atoms with E-state index in [9.17, 15) is 4.79 Å². The number of pyridine rings is 1. The molecule has 3 heterocycles. The summed E-state index contributed by atoms with van der Waals surface area (Å²) in [5.74, 6) is 1.53. The number of rotatable bonds is 6. The molecule has 170 valence electrons. The highest BCUT2D eigenvalue weighted by Crippen LogP contribution is 2.33. The van der Waals surface area contributed by atoms with Crippen LogP contribution in [0.2, 0.25) is 0 Å². The molecule has 0 spiro atoms. The number of nitrogens with one attached hydrogen (secondary N) is 1. The van der Waals surface area contributed by atoms with E-state index < -0.39 is 0 Å². The van der Waals surface area contributed by atoms with Crippen molar-refractivity contribution in [2.24, 2.45) is 0 Å². The minimum atomic E-state index is -0.334. The Bertz CT molecular complexity index is 1110. The Kier molecular flexibility index (Phi) is 6.18. The number of hydrogen-bond acceptors (Lipinski definition) is 7. The maximum absolute atomic E-state index is 13.3. The van der Waals surface area contributed by atoms with Crippen molar-refractivity contribution < 1.29 is 9.47 Å². The number of tetrazole rings is 1. The molecule has 1 saturated heterocycles. The highest BCUT2D eigenvalue weighted by atomic mass is 16.5. The number of ether oxygens (including phenoxy) is 2. The SMILES string of the molecule is CCOc1ccc2[nH]c(=O)c([C@H](c3nnnn3C3CCCCC3)N3CCOCC3)cc2c1. The summed E-state index contributed by atoms with van der Waals surface area (Å²) in [6.45, 7) is 5.25. The molecule has 9 nitrogen and oxygen atoms in total. The van der Waals surface area contributed by atoms with Gasteiger partial charge in [0.1, 0.15) is 11.8 Å². The number of nitrogens with zero attached hydrogens (tertiary/aromatic N) is 5. The molecule has 1 N–H and O–H groups in total. The molecule has 2 fully saturated rings. The average molecular weight is 439 g/mol. The smallest absolute Gasteiger partial charge is 0.253 e. The van der Waals surface area contributed by atoms with E-state index in [4.69, 9.17) is 9.47 Å². The summed E-state index contributed by atoms with van der Waals surface area (Å²) < 4.78 is 13.2. The van der Waals surface area contributed by atoms with E-state index in [-0.39, 0.29) is 17.6 Å². The van der Waals surface area contributed by atoms with Gasteiger partial charge in [0.15, 0.2) is 5.82 Å². The molecule has 1 aliphatic carbocycles. The summed E-state index contributed by atoms with van der Waals surface area (Å²) in [6, 6.07) is 7.66. The molecule has 2 aromatic heterocycles. The van der Waals surface area contributed by atoms with E-state index >= 15 is 0 Å². The number of hydrogen-bond donors (Lipinski definition) is 1. The second-order valence-electron chi connectivity index (χ2n) is 8.56. The molecule has 1 atom stereocenters. The number of benzene rings is 1. The molecule has 0 amide bonds. The van der Waals surface area contributed by atoms with Crippen LogP contribution < -0.4 is 10.3 Å². The van der Waals surface area contributed by atoms with Crippen molar-refractivity contribution in [1.82, 2.24) is 30.1 Å². The summed E-state index contributed by atoms with van der Waals surface area (Å²) in [5.41, 5.74) is 1.33. The van der Waals surface area contributed by atoms with Crippen molar-refractivity contribution in [2.45, 2.75) is 51.1 Å². The molecule has 1 aliphatic heterocycles. The molecule has 32 heavy (non-hydrogen) atoms. The molecule has 0 bridgehead atoms. The number of morpholine rings is 1. The van der Waals surface area contributed by atoms with Gasteiger partial charge >= 0.3 is 0 Å². The standard InChI is InChI=1S/C23H30N6O3/c1-2-32-18-8-9-20-16(14-18)15-19(23(30)24-20)21(28-10-12-31-13-11-28)22-25-26-27-29(22)17-6-4-3-5-7-17/h8-9,14-15,17,21H,2-7,10-13H2,1H3,(H,24,30)/t21-/m1/s1. The molecule has 1 aromatic carbocycles. The van der Waals surface area contributed by atoms with Crippen LogP contribution >= 0.6 is 0 Å². The van der Waals surface area contributed by atoms with Crippen LogP contribution in [-0.4, -0.2) is 63.0 Å². The van der Waals surface area contributed by atoms with Crippen molar-refractivity contribution in [3.05, 3.63) is 46.0 Å². The van der Waals surface area contributed by atoms with E-state index in [1.165, 1.54) is 19.3 Å². The number of H-pyrrole nitrogens is 1. The number of fused-ring (bicyclic) bond motifs is 1. The highest BCUT2D eigenvalue weighted by molar-refractivity contribution is 5.80. The third-order valence-electron chi connectivity index (χ3n) is 6.54. The predicted molar refractivity (Wildman–Crippen MR) is 120 cm³/mol. The van der Waals surface area contributed by atoms with Gasteiger partial charge < -0.3 is 14.5 Å². The molecular weight excluding hydrogens is 408 g/mol. The Hall–Kier alpha value is -2.78. The van der Waals surface area contributed by atoms with Crippen LogP contribution in [0, 0.1) is 0 Å². The van der Waals surface area contributed by atoms with Crippen molar-refractivity contribution in [1.29, 1.82) is 0 Å². The zero-order chi connectivity index (χ0) is 21.9. The lowest BCUT2D eigenvalue weighted by molar-refractivity contribution is 0.0209. The molecule has 1 saturated carbocycles. The van der Waals surface area contributed by atoms with Crippen molar-refractivity contribution >= 4 is 10.9 Å². The van der Waals surface area contributed by atoms with E-state index in [2.05, 4.69) is 25.4 Å². The lowest BCUT2D eigenvalue weighted by Crippen LogP contribution is -2.42. The second-order valence-corrected chi connectivity index (χ2v) is 8.56. The van der Waals surface area contributed by atoms with Gasteiger partial charge in [0.2, 0.25) is 0 Å². The zero-order valence-corrected chi connectivity index (χ0v) is 18.5. The summed E-state index contributed by atoms with van der Waals surface area (Å²) in [7, 11) is 0. The van der Waals surface area contributed by atoms with Gasteiger partial charge in [0.05, 0.1) is 25.9 Å². The van der Waals surface area contributed by atoms with Crippen molar-refractivity contribution in [3.63, 3.8) is 0 Å². The number of aromatic nitrogens is 5. The van der Waals surface area contributed by atoms with E-state index in [0.717, 1.165) is 48.4 Å². The first-order valence-corrected chi connectivity index (χ1v) is 11.6. The van der Waals surface area contributed by atoms with Crippen LogP contribution in [0.3, 0.4) is 0 Å². The van der Waals surface area contributed by atoms with Crippen molar-refractivity contribution in [3.8, 4) is 5.75 Å². The summed E-state index contributed by atoms with van der Waals surface area (Å²) >= 11 is 0. The van der Waals surface area contributed by atoms with Gasteiger partial charge in [-0.15, -0.1) is 5.10 Å². The predicted octanol–water partition coefficient (Wildman–Crippen LogP) is 2.84. The van der Waals surface area contributed by atoms with Gasteiger partial charge in [-0.05, 0) is 54.5 Å². The summed E-state index contributed by atoms with van der Waals surface area (Å²) in [4.78, 5) is 18.6. The molecule has 5 rings (SSSR count). The zero-order valence-electron chi connectivity index (χ0n) is 18.5. The van der Waals surface area contributed by atoms with Gasteiger partial charge in [0, 0.05) is 29.6 Å². The lowest BCUT2D eigenvalue weighted by Gasteiger charge is -2.34. The first kappa shape index (κ1) is 21.1. The minimum absolute atomic E-state index is 0.114. The average Bonchev–Trinajstić information content (AvgIpc) is 3.31. The van der Waals surface area contributed by atoms with Crippen LogP contribution in [0.25, 0.3) is 10.9 Å². The van der Waals surface area contributed by atoms with Crippen LogP contribution in [0.5, 0.6) is 5.75 Å². The molecule has 9 heteroatoms. The van der Waals surface area contributed by atoms with Crippen LogP contribution in [0.15, 0.2) is 29.1 Å². The third-order valence-corrected chi connectivity index (χ3v) is 6.54. The first-order valence-electron chi connectivity index (χ1n) is 11.6. The topological polar surface area (TPSA) is 98.2 Å².